The molecule has 1 aromatic heterocycles. The van der Waals surface area contributed by atoms with Crippen molar-refractivity contribution in [3.05, 3.63) is 77.7 Å². The Hall–Kier alpha value is -2.48. The molecule has 0 fully saturated rings. The number of aromatic nitrogens is 1. The molecule has 0 aliphatic carbocycles. The molecule has 3 aromatic rings. The first kappa shape index (κ1) is 20.3. The summed E-state index contributed by atoms with van der Waals surface area (Å²) in [5.41, 5.74) is 1.82. The minimum atomic E-state index is -0.337. The number of nitrogens with one attached hydrogen (secondary N) is 2. The Balaban J connectivity index is 1.79. The van der Waals surface area contributed by atoms with Crippen molar-refractivity contribution in [2.75, 3.05) is 7.11 Å². The molecule has 3 N–H and O–H groups in total. The minimum Gasteiger partial charge on any atom is -0.496 e. The molecular weight excluding hydrogens is 423 g/mol. The van der Waals surface area contributed by atoms with Gasteiger partial charge in [0.05, 0.1) is 17.6 Å². The number of carbonyl (C=O) groups excluding carboxylic acids is 1. The number of aromatic amines is 1. The van der Waals surface area contributed by atoms with Gasteiger partial charge in [0.1, 0.15) is 5.75 Å². The normalized spacial score (nSPS) is 10.7. The zero-order valence-electron chi connectivity index (χ0n) is 14.7. The molecule has 0 saturated carbocycles. The molecule has 1 amide bonds. The quantitative estimate of drug-likeness (QED) is 0.542. The van der Waals surface area contributed by atoms with Crippen molar-refractivity contribution < 1.29 is 14.6 Å². The predicted molar refractivity (Wildman–Crippen MR) is 110 cm³/mol. The Morgan fingerprint density at radius 1 is 1.25 bits per heavy atom. The Labute approximate surface area is 174 Å². The number of hydrogen-bond donors (Lipinski definition) is 3. The summed E-state index contributed by atoms with van der Waals surface area (Å²) >= 11 is 12.9. The van der Waals surface area contributed by atoms with Crippen molar-refractivity contribution in [2.24, 2.45) is 0 Å². The number of ether oxygens (including phenoxy) is 1. The molecular formula is C19H16Cl2N2O4S. The summed E-state index contributed by atoms with van der Waals surface area (Å²) < 4.78 is 5.28. The summed E-state index contributed by atoms with van der Waals surface area (Å²) in [6.45, 7) is 0.225. The van der Waals surface area contributed by atoms with E-state index >= 15 is 0 Å². The number of rotatable bonds is 6. The number of aromatic hydroxyl groups is 1. The molecule has 0 atom stereocenters. The van der Waals surface area contributed by atoms with E-state index in [2.05, 4.69) is 10.3 Å². The molecule has 0 unspecified atom stereocenters. The van der Waals surface area contributed by atoms with Crippen molar-refractivity contribution in [1.82, 2.24) is 10.3 Å². The van der Waals surface area contributed by atoms with Crippen LogP contribution in [0.15, 0.2) is 41.2 Å². The average Bonchev–Trinajstić information content (AvgIpc) is 2.97. The summed E-state index contributed by atoms with van der Waals surface area (Å²) in [5.74, 6) is -0.0830. The fourth-order valence-corrected chi connectivity index (χ4v) is 3.87. The number of hydrogen-bond acceptors (Lipinski definition) is 5. The summed E-state index contributed by atoms with van der Waals surface area (Å²) in [7, 11) is 1.48. The molecule has 0 saturated heterocycles. The van der Waals surface area contributed by atoms with Gasteiger partial charge in [-0.15, -0.1) is 0 Å². The molecule has 1 heterocycles. The number of H-pyrrole nitrogens is 1. The van der Waals surface area contributed by atoms with Gasteiger partial charge in [0.15, 0.2) is 0 Å². The first-order chi connectivity index (χ1) is 13.4. The van der Waals surface area contributed by atoms with E-state index in [-0.39, 0.29) is 23.2 Å². The minimum absolute atomic E-state index is 0.158. The zero-order chi connectivity index (χ0) is 20.3. The van der Waals surface area contributed by atoms with E-state index in [1.165, 1.54) is 7.11 Å². The molecule has 0 aliphatic rings. The summed E-state index contributed by atoms with van der Waals surface area (Å²) in [6.07, 6.45) is 0.308. The van der Waals surface area contributed by atoms with Gasteiger partial charge in [0.2, 0.25) is 5.88 Å². The predicted octanol–water partition coefficient (Wildman–Crippen LogP) is 3.98. The van der Waals surface area contributed by atoms with Crippen LogP contribution in [0.3, 0.4) is 0 Å². The van der Waals surface area contributed by atoms with Gasteiger partial charge in [-0.25, -0.2) is 0 Å². The number of amides is 1. The highest BCUT2D eigenvalue weighted by atomic mass is 35.5. The van der Waals surface area contributed by atoms with Gasteiger partial charge in [0.25, 0.3) is 5.91 Å². The second-order valence-corrected chi connectivity index (χ2v) is 7.83. The maximum absolute atomic E-state index is 12.7. The van der Waals surface area contributed by atoms with Crippen molar-refractivity contribution in [1.29, 1.82) is 0 Å². The van der Waals surface area contributed by atoms with Crippen LogP contribution >= 0.6 is 34.5 Å². The molecule has 0 spiro atoms. The fraction of sp³-hybridized carbons (Fsp3) is 0.158. The van der Waals surface area contributed by atoms with E-state index < -0.39 is 0 Å². The second-order valence-electron chi connectivity index (χ2n) is 5.92. The highest BCUT2D eigenvalue weighted by Crippen LogP contribution is 2.25. The van der Waals surface area contributed by atoms with E-state index in [1.807, 2.05) is 0 Å². The molecule has 28 heavy (non-hydrogen) atoms. The van der Waals surface area contributed by atoms with E-state index in [0.29, 0.717) is 32.7 Å². The molecule has 6 nitrogen and oxygen atoms in total. The number of thiazole rings is 1. The number of halogens is 2. The van der Waals surface area contributed by atoms with Crippen LogP contribution in [0, 0.1) is 0 Å². The summed E-state index contributed by atoms with van der Waals surface area (Å²) in [4.78, 5) is 26.5. The van der Waals surface area contributed by atoms with Crippen LogP contribution in [0.5, 0.6) is 11.6 Å². The van der Waals surface area contributed by atoms with Crippen LogP contribution in [0.4, 0.5) is 0 Å². The molecule has 2 aromatic carbocycles. The van der Waals surface area contributed by atoms with Crippen LogP contribution in [0.2, 0.25) is 10.0 Å². The number of methoxy groups -OCH3 is 1. The smallest absolute Gasteiger partial charge is 0.307 e. The van der Waals surface area contributed by atoms with Gasteiger partial charge in [0, 0.05) is 23.0 Å². The third-order valence-electron chi connectivity index (χ3n) is 4.03. The molecule has 9 heteroatoms. The standard InChI is InChI=1S/C19H16Cl2N2O4S/c1-27-15-5-2-10(7-16-18(25)23-19(26)28-16)6-13(15)17(24)22-9-11-3-4-12(20)8-14(11)21/h2-6,8,25H,7,9H2,1H3,(H,22,24)(H,23,26). The van der Waals surface area contributed by atoms with Crippen LogP contribution in [-0.4, -0.2) is 23.1 Å². The fourth-order valence-electron chi connectivity index (χ4n) is 2.64. The SMILES string of the molecule is COc1ccc(Cc2sc(=O)[nH]c2O)cc1C(=O)NCc1ccc(Cl)cc1Cl. The van der Waals surface area contributed by atoms with E-state index in [0.717, 1.165) is 22.5 Å². The van der Waals surface area contributed by atoms with Crippen LogP contribution in [-0.2, 0) is 13.0 Å². The maximum Gasteiger partial charge on any atom is 0.307 e. The van der Waals surface area contributed by atoms with Gasteiger partial charge in [-0.1, -0.05) is 46.7 Å². The molecule has 0 bridgehead atoms. The van der Waals surface area contributed by atoms with Crippen molar-refractivity contribution in [2.45, 2.75) is 13.0 Å². The van der Waals surface area contributed by atoms with E-state index in [4.69, 9.17) is 27.9 Å². The average molecular weight is 439 g/mol. The first-order valence-corrected chi connectivity index (χ1v) is 9.74. The summed E-state index contributed by atoms with van der Waals surface area (Å²) in [5, 5.41) is 13.5. The zero-order valence-corrected chi connectivity index (χ0v) is 17.0. The molecule has 0 radical (unpaired) electrons. The lowest BCUT2D eigenvalue weighted by Gasteiger charge is -2.12. The van der Waals surface area contributed by atoms with Gasteiger partial charge < -0.3 is 15.2 Å². The Morgan fingerprint density at radius 2 is 2.04 bits per heavy atom. The second kappa shape index (κ2) is 8.68. The van der Waals surface area contributed by atoms with Crippen molar-refractivity contribution >= 4 is 40.4 Å². The van der Waals surface area contributed by atoms with E-state index in [1.54, 1.807) is 36.4 Å². The molecule has 3 rings (SSSR count). The van der Waals surface area contributed by atoms with Gasteiger partial charge in [-0.05, 0) is 35.4 Å². The van der Waals surface area contributed by atoms with Crippen molar-refractivity contribution in [3.8, 4) is 11.6 Å². The topological polar surface area (TPSA) is 91.4 Å². The third kappa shape index (κ3) is 4.67. The van der Waals surface area contributed by atoms with Gasteiger partial charge in [-0.2, -0.15) is 0 Å². The van der Waals surface area contributed by atoms with Crippen LogP contribution in [0.25, 0.3) is 0 Å². The molecule has 0 aliphatic heterocycles. The van der Waals surface area contributed by atoms with Crippen molar-refractivity contribution in [3.63, 3.8) is 0 Å². The van der Waals surface area contributed by atoms with Gasteiger partial charge >= 0.3 is 4.87 Å². The Kier molecular flexibility index (Phi) is 6.28. The van der Waals surface area contributed by atoms with Crippen LogP contribution in [0.1, 0.15) is 26.4 Å². The number of benzene rings is 2. The van der Waals surface area contributed by atoms with Gasteiger partial charge in [-0.3, -0.25) is 14.6 Å². The largest absolute Gasteiger partial charge is 0.496 e. The first-order valence-electron chi connectivity index (χ1n) is 8.17. The molecule has 146 valence electrons. The monoisotopic (exact) mass is 438 g/mol. The Morgan fingerprint density at radius 3 is 2.68 bits per heavy atom. The maximum atomic E-state index is 12.7. The van der Waals surface area contributed by atoms with Crippen LogP contribution < -0.4 is 14.9 Å². The highest BCUT2D eigenvalue weighted by Gasteiger charge is 2.15. The highest BCUT2D eigenvalue weighted by molar-refractivity contribution is 7.09. The summed E-state index contributed by atoms with van der Waals surface area (Å²) in [6, 6.07) is 10.2. The number of carbonyl (C=O) groups is 1. The lowest BCUT2D eigenvalue weighted by Crippen LogP contribution is -2.23. The lowest BCUT2D eigenvalue weighted by molar-refractivity contribution is 0.0948. The third-order valence-corrected chi connectivity index (χ3v) is 5.49. The Bertz CT molecular complexity index is 1080. The van der Waals surface area contributed by atoms with E-state index in [9.17, 15) is 14.7 Å². The lowest BCUT2D eigenvalue weighted by atomic mass is 10.1.